The minimum absolute atomic E-state index is 0.0267. The Morgan fingerprint density at radius 3 is 3.00 bits per heavy atom. The third-order valence-corrected chi connectivity index (χ3v) is 3.09. The Morgan fingerprint density at radius 1 is 1.53 bits per heavy atom. The van der Waals surface area contributed by atoms with E-state index in [-0.39, 0.29) is 11.8 Å². The van der Waals surface area contributed by atoms with Crippen LogP contribution >= 0.6 is 0 Å². The molecular formula is C14H18N2O3. The summed E-state index contributed by atoms with van der Waals surface area (Å²) in [6, 6.07) is 5.00. The van der Waals surface area contributed by atoms with E-state index in [9.17, 15) is 10.1 Å². The van der Waals surface area contributed by atoms with Gasteiger partial charge in [0.15, 0.2) is 5.75 Å². The van der Waals surface area contributed by atoms with Gasteiger partial charge in [0.1, 0.15) is 6.10 Å². The molecule has 0 radical (unpaired) electrons. The maximum absolute atomic E-state index is 11.0. The Kier molecular flexibility index (Phi) is 4.52. The number of ether oxygens (including phenoxy) is 1. The van der Waals surface area contributed by atoms with E-state index in [1.54, 1.807) is 12.1 Å². The fourth-order valence-corrected chi connectivity index (χ4v) is 2.16. The fraction of sp³-hybridized carbons (Fsp3) is 0.429. The van der Waals surface area contributed by atoms with E-state index in [0.29, 0.717) is 12.3 Å². The molecule has 0 amide bonds. The molecule has 19 heavy (non-hydrogen) atoms. The van der Waals surface area contributed by atoms with Gasteiger partial charge in [-0.1, -0.05) is 12.1 Å². The summed E-state index contributed by atoms with van der Waals surface area (Å²) in [5.41, 5.74) is 1.00. The highest BCUT2D eigenvalue weighted by atomic mass is 16.6. The minimum Gasteiger partial charge on any atom is -0.479 e. The van der Waals surface area contributed by atoms with Crippen molar-refractivity contribution in [3.63, 3.8) is 0 Å². The van der Waals surface area contributed by atoms with Gasteiger partial charge in [-0.15, -0.1) is 0 Å². The molecule has 0 saturated heterocycles. The van der Waals surface area contributed by atoms with Crippen molar-refractivity contribution in [2.24, 2.45) is 0 Å². The van der Waals surface area contributed by atoms with Crippen molar-refractivity contribution in [1.29, 1.82) is 0 Å². The fourth-order valence-electron chi connectivity index (χ4n) is 2.16. The van der Waals surface area contributed by atoms with Crippen LogP contribution < -0.4 is 10.1 Å². The molecule has 0 fully saturated rings. The van der Waals surface area contributed by atoms with Gasteiger partial charge in [-0.2, -0.15) is 0 Å². The third-order valence-electron chi connectivity index (χ3n) is 3.09. The molecule has 1 aliphatic rings. The van der Waals surface area contributed by atoms with Gasteiger partial charge in [-0.3, -0.25) is 10.1 Å². The van der Waals surface area contributed by atoms with E-state index in [2.05, 4.69) is 11.4 Å². The molecule has 1 atom stereocenters. The van der Waals surface area contributed by atoms with Crippen LogP contribution in [0.2, 0.25) is 0 Å². The average molecular weight is 262 g/mol. The first-order valence-electron chi connectivity index (χ1n) is 6.46. The predicted octanol–water partition coefficient (Wildman–Crippen LogP) is 2.80. The van der Waals surface area contributed by atoms with Crippen LogP contribution in [0.5, 0.6) is 5.75 Å². The van der Waals surface area contributed by atoms with Gasteiger partial charge in [-0.05, 0) is 44.0 Å². The number of hydrogen-bond donors (Lipinski definition) is 1. The molecule has 0 aliphatic heterocycles. The maximum atomic E-state index is 11.0. The van der Waals surface area contributed by atoms with E-state index in [0.717, 1.165) is 24.8 Å². The summed E-state index contributed by atoms with van der Waals surface area (Å²) >= 11 is 0. The summed E-state index contributed by atoms with van der Waals surface area (Å²) in [7, 11) is 1.84. The Labute approximate surface area is 112 Å². The SMILES string of the molecule is CNCc1ccc([N+](=O)[O-])c(OC2C=CCCC2)c1. The van der Waals surface area contributed by atoms with E-state index in [4.69, 9.17) is 4.74 Å². The average Bonchev–Trinajstić information content (AvgIpc) is 2.40. The standard InChI is InChI=1S/C14H18N2O3/c1-15-10-11-7-8-13(16(17)18)14(9-11)19-12-5-3-2-4-6-12/h3,5,7-9,12,15H,2,4,6,10H2,1H3. The second-order valence-electron chi connectivity index (χ2n) is 4.60. The van der Waals surface area contributed by atoms with Crippen molar-refractivity contribution < 1.29 is 9.66 Å². The second-order valence-corrected chi connectivity index (χ2v) is 4.60. The van der Waals surface area contributed by atoms with E-state index in [1.807, 2.05) is 13.1 Å². The van der Waals surface area contributed by atoms with Crippen LogP contribution in [0.3, 0.4) is 0 Å². The van der Waals surface area contributed by atoms with Crippen LogP contribution in [-0.2, 0) is 6.54 Å². The lowest BCUT2D eigenvalue weighted by atomic mass is 10.1. The number of hydrogen-bond acceptors (Lipinski definition) is 4. The van der Waals surface area contributed by atoms with Crippen LogP contribution in [0.4, 0.5) is 5.69 Å². The first kappa shape index (κ1) is 13.5. The Balaban J connectivity index is 2.23. The third kappa shape index (κ3) is 3.54. The van der Waals surface area contributed by atoms with Gasteiger partial charge in [0.25, 0.3) is 0 Å². The molecule has 1 aliphatic carbocycles. The molecule has 102 valence electrons. The van der Waals surface area contributed by atoms with Crippen molar-refractivity contribution in [3.05, 3.63) is 46.0 Å². The molecule has 0 aromatic heterocycles. The molecule has 5 heteroatoms. The highest BCUT2D eigenvalue weighted by molar-refractivity contribution is 5.48. The molecule has 0 bridgehead atoms. The summed E-state index contributed by atoms with van der Waals surface area (Å²) in [5, 5.41) is 14.0. The van der Waals surface area contributed by atoms with Gasteiger partial charge in [-0.25, -0.2) is 0 Å². The van der Waals surface area contributed by atoms with Crippen molar-refractivity contribution in [1.82, 2.24) is 5.32 Å². The number of nitrogens with zero attached hydrogens (tertiary/aromatic N) is 1. The molecule has 1 aromatic carbocycles. The predicted molar refractivity (Wildman–Crippen MR) is 73.3 cm³/mol. The van der Waals surface area contributed by atoms with E-state index in [1.165, 1.54) is 6.07 Å². The lowest BCUT2D eigenvalue weighted by Gasteiger charge is -2.18. The van der Waals surface area contributed by atoms with E-state index < -0.39 is 4.92 Å². The zero-order valence-corrected chi connectivity index (χ0v) is 11.0. The van der Waals surface area contributed by atoms with Crippen molar-refractivity contribution in [2.75, 3.05) is 7.05 Å². The van der Waals surface area contributed by atoms with Crippen molar-refractivity contribution in [3.8, 4) is 5.75 Å². The molecule has 2 rings (SSSR count). The Hall–Kier alpha value is -1.88. The van der Waals surface area contributed by atoms with Crippen LogP contribution in [0.15, 0.2) is 30.4 Å². The number of rotatable bonds is 5. The summed E-state index contributed by atoms with van der Waals surface area (Å²) in [4.78, 5) is 10.6. The minimum atomic E-state index is -0.398. The molecule has 0 saturated carbocycles. The zero-order chi connectivity index (χ0) is 13.7. The summed E-state index contributed by atoms with van der Waals surface area (Å²) in [6.07, 6.45) is 7.02. The van der Waals surface area contributed by atoms with Gasteiger partial charge in [0, 0.05) is 12.6 Å². The zero-order valence-electron chi connectivity index (χ0n) is 11.0. The number of benzene rings is 1. The molecule has 1 unspecified atom stereocenters. The van der Waals surface area contributed by atoms with Gasteiger partial charge in [0.2, 0.25) is 0 Å². The number of nitrogens with one attached hydrogen (secondary N) is 1. The van der Waals surface area contributed by atoms with Gasteiger partial charge >= 0.3 is 5.69 Å². The maximum Gasteiger partial charge on any atom is 0.310 e. The summed E-state index contributed by atoms with van der Waals surface area (Å²) in [5.74, 6) is 0.356. The largest absolute Gasteiger partial charge is 0.479 e. The van der Waals surface area contributed by atoms with Gasteiger partial charge < -0.3 is 10.1 Å². The number of nitro benzene ring substituents is 1. The van der Waals surface area contributed by atoms with Crippen LogP contribution in [-0.4, -0.2) is 18.1 Å². The lowest BCUT2D eigenvalue weighted by Crippen LogP contribution is -2.16. The normalized spacial score (nSPS) is 18.3. The molecular weight excluding hydrogens is 244 g/mol. The molecule has 5 nitrogen and oxygen atoms in total. The molecule has 1 N–H and O–H groups in total. The van der Waals surface area contributed by atoms with Crippen LogP contribution in [0.1, 0.15) is 24.8 Å². The Bertz CT molecular complexity index is 486. The summed E-state index contributed by atoms with van der Waals surface area (Å²) in [6.45, 7) is 0.662. The first-order chi connectivity index (χ1) is 9.20. The second kappa shape index (κ2) is 6.33. The molecule has 0 spiro atoms. The molecule has 0 heterocycles. The Morgan fingerprint density at radius 2 is 2.37 bits per heavy atom. The van der Waals surface area contributed by atoms with Crippen molar-refractivity contribution >= 4 is 5.69 Å². The monoisotopic (exact) mass is 262 g/mol. The number of nitro groups is 1. The highest BCUT2D eigenvalue weighted by Gasteiger charge is 2.19. The van der Waals surface area contributed by atoms with Crippen LogP contribution in [0.25, 0.3) is 0 Å². The topological polar surface area (TPSA) is 64.4 Å². The lowest BCUT2D eigenvalue weighted by molar-refractivity contribution is -0.386. The van der Waals surface area contributed by atoms with E-state index >= 15 is 0 Å². The summed E-state index contributed by atoms with van der Waals surface area (Å²) < 4.78 is 5.78. The quantitative estimate of drug-likeness (QED) is 0.503. The first-order valence-corrected chi connectivity index (χ1v) is 6.46. The number of allylic oxidation sites excluding steroid dienone is 1. The van der Waals surface area contributed by atoms with Crippen molar-refractivity contribution in [2.45, 2.75) is 31.9 Å². The molecule has 1 aromatic rings. The smallest absolute Gasteiger partial charge is 0.310 e. The van der Waals surface area contributed by atoms with Crippen LogP contribution in [0, 0.1) is 10.1 Å². The van der Waals surface area contributed by atoms with Gasteiger partial charge in [0.05, 0.1) is 4.92 Å². The highest BCUT2D eigenvalue weighted by Crippen LogP contribution is 2.30.